The monoisotopic (exact) mass is 182 g/mol. The van der Waals surface area contributed by atoms with Crippen LogP contribution >= 0.6 is 0 Å². The fourth-order valence-electron chi connectivity index (χ4n) is 0.761. The SMILES string of the molecule is C=C/C=C\C(=C)[N+](=C)C(OC)OC. The largest absolute Gasteiger partial charge is 0.380 e. The molecule has 0 aliphatic heterocycles. The summed E-state index contributed by atoms with van der Waals surface area (Å²) in [5.41, 5.74) is 0.689. The molecule has 0 heterocycles. The van der Waals surface area contributed by atoms with Gasteiger partial charge in [-0.2, -0.15) is 4.58 Å². The molecule has 0 N–H and O–H groups in total. The second-order valence-electron chi connectivity index (χ2n) is 2.33. The van der Waals surface area contributed by atoms with Crippen LogP contribution in [0.5, 0.6) is 0 Å². The predicted octanol–water partition coefficient (Wildman–Crippen LogP) is 1.53. The first-order chi connectivity index (χ1) is 6.17. The van der Waals surface area contributed by atoms with E-state index in [9.17, 15) is 0 Å². The van der Waals surface area contributed by atoms with Gasteiger partial charge < -0.3 is 9.47 Å². The predicted molar refractivity (Wildman–Crippen MR) is 53.7 cm³/mol. The van der Waals surface area contributed by atoms with Crippen LogP contribution in [0.3, 0.4) is 0 Å². The fourth-order valence-corrected chi connectivity index (χ4v) is 0.761. The summed E-state index contributed by atoms with van der Waals surface area (Å²) >= 11 is 0. The highest BCUT2D eigenvalue weighted by molar-refractivity contribution is 5.21. The van der Waals surface area contributed by atoms with Crippen LogP contribution < -0.4 is 0 Å². The van der Waals surface area contributed by atoms with Gasteiger partial charge in [0, 0.05) is 20.3 Å². The van der Waals surface area contributed by atoms with E-state index in [1.807, 2.05) is 0 Å². The molecular formula is C10H16NO2+. The number of ether oxygens (including phenoxy) is 2. The molecule has 0 rings (SSSR count). The molecule has 0 unspecified atom stereocenters. The lowest BCUT2D eigenvalue weighted by Gasteiger charge is -2.09. The molecule has 3 heteroatoms. The van der Waals surface area contributed by atoms with Crippen LogP contribution in [0.4, 0.5) is 0 Å². The molecule has 0 aromatic heterocycles. The van der Waals surface area contributed by atoms with Crippen LogP contribution in [0.2, 0.25) is 0 Å². The molecule has 72 valence electrons. The van der Waals surface area contributed by atoms with E-state index in [1.165, 1.54) is 18.8 Å². The van der Waals surface area contributed by atoms with Gasteiger partial charge in [0.05, 0.1) is 0 Å². The van der Waals surface area contributed by atoms with Crippen LogP contribution in [-0.4, -0.2) is 31.9 Å². The highest BCUT2D eigenvalue weighted by Gasteiger charge is 2.18. The quantitative estimate of drug-likeness (QED) is 0.269. The van der Waals surface area contributed by atoms with Gasteiger partial charge in [0.25, 0.3) is 0 Å². The average Bonchev–Trinajstić information content (AvgIpc) is 2.15. The Bertz CT molecular complexity index is 227. The Morgan fingerprint density at radius 3 is 2.31 bits per heavy atom. The van der Waals surface area contributed by atoms with Crippen LogP contribution in [-0.2, 0) is 9.47 Å². The third kappa shape index (κ3) is 3.83. The van der Waals surface area contributed by atoms with Crippen molar-refractivity contribution in [2.24, 2.45) is 0 Å². The zero-order chi connectivity index (χ0) is 10.3. The summed E-state index contributed by atoms with van der Waals surface area (Å²) in [4.78, 5) is 0. The highest BCUT2D eigenvalue weighted by atomic mass is 16.7. The lowest BCUT2D eigenvalue weighted by Crippen LogP contribution is -2.27. The lowest BCUT2D eigenvalue weighted by atomic mass is 10.4. The Morgan fingerprint density at radius 2 is 1.92 bits per heavy atom. The van der Waals surface area contributed by atoms with Gasteiger partial charge >= 0.3 is 6.41 Å². The van der Waals surface area contributed by atoms with Crippen molar-refractivity contribution in [3.8, 4) is 0 Å². The standard InChI is InChI=1S/C10H16NO2/c1-6-7-8-9(2)11(3)10(12-4)13-5/h6-8,10H,1-3H2,4-5H3/q+1/b8-7-. The minimum atomic E-state index is -0.512. The third-order valence-electron chi connectivity index (χ3n) is 1.45. The molecule has 0 aromatic carbocycles. The molecule has 0 aromatic rings. The molecule has 0 spiro atoms. The Hall–Kier alpha value is -1.19. The number of rotatable bonds is 6. The van der Waals surface area contributed by atoms with E-state index in [1.54, 1.807) is 18.2 Å². The summed E-state index contributed by atoms with van der Waals surface area (Å²) in [7, 11) is 3.08. The summed E-state index contributed by atoms with van der Waals surface area (Å²) in [5, 5.41) is 0. The summed E-state index contributed by atoms with van der Waals surface area (Å²) in [6.07, 6.45) is 4.68. The topological polar surface area (TPSA) is 21.5 Å². The van der Waals surface area contributed by atoms with Gasteiger partial charge in [-0.05, 0) is 6.58 Å². The van der Waals surface area contributed by atoms with Gasteiger partial charge in [0.2, 0.25) is 5.70 Å². The second kappa shape index (κ2) is 6.34. The highest BCUT2D eigenvalue weighted by Crippen LogP contribution is 2.02. The van der Waals surface area contributed by atoms with Crippen LogP contribution in [0.25, 0.3) is 0 Å². The zero-order valence-corrected chi connectivity index (χ0v) is 8.19. The minimum Gasteiger partial charge on any atom is -0.300 e. The molecule has 0 bridgehead atoms. The van der Waals surface area contributed by atoms with E-state index in [0.717, 1.165) is 0 Å². The van der Waals surface area contributed by atoms with E-state index in [-0.39, 0.29) is 0 Å². The lowest BCUT2D eigenvalue weighted by molar-refractivity contribution is -0.614. The molecule has 0 atom stereocenters. The van der Waals surface area contributed by atoms with Crippen molar-refractivity contribution in [3.63, 3.8) is 0 Å². The molecule has 0 radical (unpaired) electrons. The summed E-state index contributed by atoms with van der Waals surface area (Å²) in [6.45, 7) is 11.1. The van der Waals surface area contributed by atoms with Crippen LogP contribution in [0.1, 0.15) is 0 Å². The van der Waals surface area contributed by atoms with Gasteiger partial charge in [-0.15, -0.1) is 0 Å². The van der Waals surface area contributed by atoms with E-state index in [0.29, 0.717) is 5.70 Å². The summed E-state index contributed by atoms with van der Waals surface area (Å²) < 4.78 is 11.5. The maximum absolute atomic E-state index is 4.98. The number of nitrogens with zero attached hydrogens (tertiary/aromatic N) is 1. The Morgan fingerprint density at radius 1 is 1.38 bits per heavy atom. The van der Waals surface area contributed by atoms with Crippen LogP contribution in [0, 0.1) is 0 Å². The molecular weight excluding hydrogens is 166 g/mol. The van der Waals surface area contributed by atoms with Crippen molar-refractivity contribution in [2.75, 3.05) is 14.2 Å². The zero-order valence-electron chi connectivity index (χ0n) is 8.19. The molecule has 0 aliphatic carbocycles. The van der Waals surface area contributed by atoms with E-state index >= 15 is 0 Å². The molecule has 0 saturated carbocycles. The second-order valence-corrected chi connectivity index (χ2v) is 2.33. The molecule has 13 heavy (non-hydrogen) atoms. The Kier molecular flexibility index (Phi) is 5.76. The number of methoxy groups -OCH3 is 2. The van der Waals surface area contributed by atoms with E-state index in [2.05, 4.69) is 19.9 Å². The van der Waals surface area contributed by atoms with Crippen molar-refractivity contribution < 1.29 is 14.0 Å². The summed E-state index contributed by atoms with van der Waals surface area (Å²) in [6, 6.07) is 0. The smallest absolute Gasteiger partial charge is 0.300 e. The van der Waals surface area contributed by atoms with Gasteiger partial charge in [-0.3, -0.25) is 0 Å². The minimum absolute atomic E-state index is 0.512. The van der Waals surface area contributed by atoms with Crippen molar-refractivity contribution in [3.05, 3.63) is 37.1 Å². The first-order valence-electron chi connectivity index (χ1n) is 3.80. The summed E-state index contributed by atoms with van der Waals surface area (Å²) in [5.74, 6) is 0. The first-order valence-corrected chi connectivity index (χ1v) is 3.80. The Labute approximate surface area is 79.3 Å². The maximum Gasteiger partial charge on any atom is 0.380 e. The average molecular weight is 182 g/mol. The normalized spacial score (nSPS) is 10.7. The van der Waals surface area contributed by atoms with Crippen molar-refractivity contribution in [1.29, 1.82) is 0 Å². The molecule has 3 nitrogen and oxygen atoms in total. The van der Waals surface area contributed by atoms with E-state index in [4.69, 9.17) is 9.47 Å². The van der Waals surface area contributed by atoms with Crippen LogP contribution in [0.15, 0.2) is 37.1 Å². The number of hydrogen-bond acceptors (Lipinski definition) is 2. The first kappa shape index (κ1) is 11.8. The maximum atomic E-state index is 4.98. The number of hydrogen-bond donors (Lipinski definition) is 0. The van der Waals surface area contributed by atoms with E-state index < -0.39 is 6.41 Å². The molecule has 0 fully saturated rings. The molecule has 0 amide bonds. The third-order valence-corrected chi connectivity index (χ3v) is 1.45. The fraction of sp³-hybridized carbons (Fsp3) is 0.300. The number of allylic oxidation sites excluding steroid dienone is 3. The van der Waals surface area contributed by atoms with Crippen molar-refractivity contribution in [2.45, 2.75) is 6.41 Å². The van der Waals surface area contributed by atoms with Crippen molar-refractivity contribution in [1.82, 2.24) is 0 Å². The Balaban J connectivity index is 4.31. The van der Waals surface area contributed by atoms with Gasteiger partial charge in [-0.1, -0.05) is 18.7 Å². The molecule has 0 saturated heterocycles. The van der Waals surface area contributed by atoms with Gasteiger partial charge in [0.1, 0.15) is 6.72 Å². The molecule has 0 aliphatic rings. The van der Waals surface area contributed by atoms with Crippen molar-refractivity contribution >= 4 is 6.72 Å². The van der Waals surface area contributed by atoms with Gasteiger partial charge in [-0.25, -0.2) is 0 Å². The van der Waals surface area contributed by atoms with Gasteiger partial charge in [0.15, 0.2) is 0 Å².